The second-order valence-corrected chi connectivity index (χ2v) is 7.28. The molecule has 3 aromatic rings. The molecule has 5 nitrogen and oxygen atoms in total. The van der Waals surface area contributed by atoms with Gasteiger partial charge in [0.15, 0.2) is 0 Å². The first-order valence-electron chi connectivity index (χ1n) is 9.09. The summed E-state index contributed by atoms with van der Waals surface area (Å²) in [6, 6.07) is 26.1. The quantitative estimate of drug-likeness (QED) is 0.345. The van der Waals surface area contributed by atoms with E-state index in [4.69, 9.17) is 0 Å². The van der Waals surface area contributed by atoms with Gasteiger partial charge in [0.2, 0.25) is 5.91 Å². The van der Waals surface area contributed by atoms with Gasteiger partial charge in [-0.2, -0.15) is 5.10 Å². The maximum atomic E-state index is 12.2. The molecule has 0 saturated carbocycles. The Kier molecular flexibility index (Phi) is 7.19. The predicted octanol–water partition coefficient (Wildman–Crippen LogP) is 4.57. The van der Waals surface area contributed by atoms with Gasteiger partial charge in [0.25, 0.3) is 5.91 Å². The first-order chi connectivity index (χ1) is 14.1. The van der Waals surface area contributed by atoms with Crippen LogP contribution >= 0.6 is 11.8 Å². The largest absolute Gasteiger partial charge is 0.322 e. The molecule has 0 heterocycles. The molecule has 29 heavy (non-hydrogen) atoms. The van der Waals surface area contributed by atoms with Crippen LogP contribution in [0.25, 0.3) is 0 Å². The van der Waals surface area contributed by atoms with Crippen LogP contribution in [-0.2, 0) is 4.79 Å². The number of carbonyl (C=O) groups is 2. The van der Waals surface area contributed by atoms with Crippen LogP contribution in [-0.4, -0.2) is 23.3 Å². The summed E-state index contributed by atoms with van der Waals surface area (Å²) < 4.78 is 0. The van der Waals surface area contributed by atoms with E-state index in [1.54, 1.807) is 12.1 Å². The fourth-order valence-electron chi connectivity index (χ4n) is 2.50. The smallest absolute Gasteiger partial charge is 0.255 e. The number of hydrogen-bond donors (Lipinski definition) is 2. The SMILES string of the molecule is C/C(=N/NC(=O)CSc1ccccc1)c1ccc(NC(=O)c2ccccc2)cc1. The van der Waals surface area contributed by atoms with Crippen LogP contribution in [0, 0.1) is 0 Å². The van der Waals surface area contributed by atoms with Gasteiger partial charge in [-0.05, 0) is 48.9 Å². The summed E-state index contributed by atoms with van der Waals surface area (Å²) in [4.78, 5) is 25.2. The Hall–Kier alpha value is -3.38. The molecule has 3 rings (SSSR count). The van der Waals surface area contributed by atoms with Crippen molar-refractivity contribution in [3.8, 4) is 0 Å². The Morgan fingerprint density at radius 3 is 2.10 bits per heavy atom. The molecule has 6 heteroatoms. The van der Waals surface area contributed by atoms with Crippen molar-refractivity contribution in [3.63, 3.8) is 0 Å². The van der Waals surface area contributed by atoms with E-state index < -0.39 is 0 Å². The number of rotatable bonds is 7. The van der Waals surface area contributed by atoms with Gasteiger partial charge in [0.1, 0.15) is 0 Å². The zero-order chi connectivity index (χ0) is 20.5. The van der Waals surface area contributed by atoms with E-state index in [-0.39, 0.29) is 11.8 Å². The number of nitrogens with zero attached hydrogens (tertiary/aromatic N) is 1. The summed E-state index contributed by atoms with van der Waals surface area (Å²) in [5.41, 5.74) is 5.42. The first kappa shape index (κ1) is 20.4. The molecule has 0 unspecified atom stereocenters. The molecule has 0 aliphatic carbocycles. The van der Waals surface area contributed by atoms with Crippen molar-refractivity contribution in [1.82, 2.24) is 5.43 Å². The molecule has 2 N–H and O–H groups in total. The summed E-state index contributed by atoms with van der Waals surface area (Å²) in [7, 11) is 0. The number of anilines is 1. The number of benzene rings is 3. The van der Waals surface area contributed by atoms with Crippen LogP contribution in [0.4, 0.5) is 5.69 Å². The molecule has 0 aliphatic rings. The number of hydrogen-bond acceptors (Lipinski definition) is 4. The summed E-state index contributed by atoms with van der Waals surface area (Å²) in [5.74, 6) is -0.0255. The zero-order valence-corrected chi connectivity index (χ0v) is 16.8. The monoisotopic (exact) mass is 403 g/mol. The minimum absolute atomic E-state index is 0.160. The highest BCUT2D eigenvalue weighted by molar-refractivity contribution is 8.00. The van der Waals surface area contributed by atoms with Gasteiger partial charge in [-0.15, -0.1) is 11.8 Å². The first-order valence-corrected chi connectivity index (χ1v) is 10.1. The molecule has 0 aromatic heterocycles. The fourth-order valence-corrected chi connectivity index (χ4v) is 3.21. The van der Waals surface area contributed by atoms with Gasteiger partial charge >= 0.3 is 0 Å². The Balaban J connectivity index is 1.52. The number of nitrogens with one attached hydrogen (secondary N) is 2. The second-order valence-electron chi connectivity index (χ2n) is 6.23. The third kappa shape index (κ3) is 6.33. The van der Waals surface area contributed by atoms with E-state index in [1.165, 1.54) is 11.8 Å². The maximum absolute atomic E-state index is 12.2. The summed E-state index contributed by atoms with van der Waals surface area (Å²) in [5, 5.41) is 7.02. The Morgan fingerprint density at radius 2 is 1.45 bits per heavy atom. The highest BCUT2D eigenvalue weighted by Gasteiger charge is 2.06. The van der Waals surface area contributed by atoms with E-state index in [1.807, 2.05) is 79.7 Å². The molecule has 2 amide bonds. The standard InChI is InChI=1S/C23H21N3O2S/c1-17(25-26-22(27)16-29-21-10-6-3-7-11-21)18-12-14-20(15-13-18)24-23(28)19-8-4-2-5-9-19/h2-15H,16H2,1H3,(H,24,28)(H,26,27)/b25-17-. The van der Waals surface area contributed by atoms with Gasteiger partial charge < -0.3 is 5.32 Å². The Morgan fingerprint density at radius 1 is 0.828 bits per heavy atom. The van der Waals surface area contributed by atoms with Gasteiger partial charge in [0, 0.05) is 16.1 Å². The van der Waals surface area contributed by atoms with Crippen LogP contribution in [0.1, 0.15) is 22.8 Å². The molecular formula is C23H21N3O2S. The molecule has 0 aliphatic heterocycles. The lowest BCUT2D eigenvalue weighted by Crippen LogP contribution is -2.21. The summed E-state index contributed by atoms with van der Waals surface area (Å²) >= 11 is 1.46. The number of amides is 2. The lowest BCUT2D eigenvalue weighted by atomic mass is 10.1. The lowest BCUT2D eigenvalue weighted by Gasteiger charge is -2.07. The van der Waals surface area contributed by atoms with Crippen LogP contribution in [0.15, 0.2) is 94.9 Å². The Labute approximate surface area is 174 Å². The Bertz CT molecular complexity index is 988. The molecule has 0 fully saturated rings. The topological polar surface area (TPSA) is 70.6 Å². The van der Waals surface area contributed by atoms with E-state index in [9.17, 15) is 9.59 Å². The van der Waals surface area contributed by atoms with Crippen LogP contribution in [0.5, 0.6) is 0 Å². The third-order valence-corrected chi connectivity index (χ3v) is 5.07. The van der Waals surface area contributed by atoms with Crippen molar-refractivity contribution in [2.75, 3.05) is 11.1 Å². The minimum atomic E-state index is -0.162. The number of carbonyl (C=O) groups excluding carboxylic acids is 2. The van der Waals surface area contributed by atoms with Crippen molar-refractivity contribution in [2.45, 2.75) is 11.8 Å². The average Bonchev–Trinajstić information content (AvgIpc) is 2.78. The van der Waals surface area contributed by atoms with Gasteiger partial charge in [-0.25, -0.2) is 5.43 Å². The van der Waals surface area contributed by atoms with E-state index in [0.29, 0.717) is 22.7 Å². The van der Waals surface area contributed by atoms with E-state index >= 15 is 0 Å². The lowest BCUT2D eigenvalue weighted by molar-refractivity contribution is -0.118. The van der Waals surface area contributed by atoms with E-state index in [2.05, 4.69) is 15.8 Å². The minimum Gasteiger partial charge on any atom is -0.322 e. The number of thioether (sulfide) groups is 1. The fraction of sp³-hybridized carbons (Fsp3) is 0.0870. The molecule has 146 valence electrons. The predicted molar refractivity (Wildman–Crippen MR) is 118 cm³/mol. The molecule has 3 aromatic carbocycles. The average molecular weight is 404 g/mol. The normalized spacial score (nSPS) is 11.0. The molecule has 0 atom stereocenters. The van der Waals surface area contributed by atoms with Crippen LogP contribution in [0.2, 0.25) is 0 Å². The summed E-state index contributed by atoms with van der Waals surface area (Å²) in [6.45, 7) is 1.82. The highest BCUT2D eigenvalue weighted by Crippen LogP contribution is 2.16. The third-order valence-electron chi connectivity index (χ3n) is 4.06. The van der Waals surface area contributed by atoms with Gasteiger partial charge in [-0.1, -0.05) is 48.5 Å². The second kappa shape index (κ2) is 10.2. The van der Waals surface area contributed by atoms with Crippen molar-refractivity contribution in [3.05, 3.63) is 96.1 Å². The van der Waals surface area contributed by atoms with Crippen molar-refractivity contribution < 1.29 is 9.59 Å². The van der Waals surface area contributed by atoms with Crippen LogP contribution < -0.4 is 10.7 Å². The highest BCUT2D eigenvalue weighted by atomic mass is 32.2. The zero-order valence-electron chi connectivity index (χ0n) is 16.0. The summed E-state index contributed by atoms with van der Waals surface area (Å²) in [6.07, 6.45) is 0. The molecule has 0 radical (unpaired) electrons. The van der Waals surface area contributed by atoms with Crippen molar-refractivity contribution in [2.24, 2.45) is 5.10 Å². The molecule has 0 saturated heterocycles. The molecular weight excluding hydrogens is 382 g/mol. The van der Waals surface area contributed by atoms with Crippen molar-refractivity contribution in [1.29, 1.82) is 0 Å². The van der Waals surface area contributed by atoms with Gasteiger partial charge in [0.05, 0.1) is 11.5 Å². The van der Waals surface area contributed by atoms with Gasteiger partial charge in [-0.3, -0.25) is 9.59 Å². The van der Waals surface area contributed by atoms with Crippen LogP contribution in [0.3, 0.4) is 0 Å². The van der Waals surface area contributed by atoms with Crippen molar-refractivity contribution >= 4 is 35.0 Å². The van der Waals surface area contributed by atoms with E-state index in [0.717, 1.165) is 10.5 Å². The molecule has 0 bridgehead atoms. The number of hydrazone groups is 1. The molecule has 0 spiro atoms. The maximum Gasteiger partial charge on any atom is 0.255 e.